The fraction of sp³-hybridized carbons (Fsp3) is 0.522. The fourth-order valence-electron chi connectivity index (χ4n) is 4.31. The normalized spacial score (nSPS) is 16.3. The number of nitrogens with zero attached hydrogens (tertiary/aromatic N) is 4. The first kappa shape index (κ1) is 23.4. The number of nitrogens with one attached hydrogen (secondary N) is 1. The van der Waals surface area contributed by atoms with E-state index >= 15 is 0 Å². The van der Waals surface area contributed by atoms with E-state index in [-0.39, 0.29) is 17.3 Å². The van der Waals surface area contributed by atoms with Crippen molar-refractivity contribution in [1.29, 1.82) is 0 Å². The van der Waals surface area contributed by atoms with Crippen LogP contribution < -0.4 is 25.5 Å². The first-order chi connectivity index (χ1) is 16.0. The molecule has 2 heterocycles. The predicted molar refractivity (Wildman–Crippen MR) is 129 cm³/mol. The summed E-state index contributed by atoms with van der Waals surface area (Å²) in [7, 11) is 5.22. The van der Waals surface area contributed by atoms with Crippen LogP contribution in [-0.2, 0) is 17.6 Å². The number of hydrogen-bond acceptors (Lipinski definition) is 8. The molecule has 0 radical (unpaired) electrons. The van der Waals surface area contributed by atoms with Crippen LogP contribution in [0.2, 0.25) is 0 Å². The molecule has 1 aliphatic carbocycles. The quantitative estimate of drug-likeness (QED) is 0.481. The molecule has 0 spiro atoms. The molecule has 1 aromatic carbocycles. The Morgan fingerprint density at radius 3 is 2.61 bits per heavy atom. The summed E-state index contributed by atoms with van der Waals surface area (Å²) in [5.74, 6) is 1.14. The van der Waals surface area contributed by atoms with Crippen molar-refractivity contribution >= 4 is 23.4 Å². The van der Waals surface area contributed by atoms with Crippen molar-refractivity contribution in [3.05, 3.63) is 39.9 Å². The number of rotatable bonds is 7. The van der Waals surface area contributed by atoms with Gasteiger partial charge in [0.1, 0.15) is 16.5 Å². The van der Waals surface area contributed by atoms with Crippen LogP contribution in [0.3, 0.4) is 0 Å². The molecule has 1 saturated heterocycles. The third-order valence-electron chi connectivity index (χ3n) is 6.11. The summed E-state index contributed by atoms with van der Waals surface area (Å²) in [5.41, 5.74) is 2.46. The average Bonchev–Trinajstić information content (AvgIpc) is 2.83. The van der Waals surface area contributed by atoms with Crippen molar-refractivity contribution in [2.45, 2.75) is 30.7 Å². The van der Waals surface area contributed by atoms with Crippen molar-refractivity contribution in [3.63, 3.8) is 0 Å². The number of amides is 1. The minimum Gasteiger partial charge on any atom is -0.497 e. The van der Waals surface area contributed by atoms with E-state index in [1.807, 2.05) is 0 Å². The number of ether oxygens (including phenoxy) is 2. The highest BCUT2D eigenvalue weighted by atomic mass is 32.2. The van der Waals surface area contributed by atoms with Crippen molar-refractivity contribution < 1.29 is 14.3 Å². The lowest BCUT2D eigenvalue weighted by Crippen LogP contribution is -2.54. The number of thioether (sulfide) groups is 1. The first-order valence-corrected chi connectivity index (χ1v) is 12.2. The zero-order valence-electron chi connectivity index (χ0n) is 19.4. The number of hydrogen-bond donors (Lipinski definition) is 1. The molecule has 1 amide bonds. The number of piperazine rings is 1. The minimum absolute atomic E-state index is 0.151. The zero-order valence-corrected chi connectivity index (χ0v) is 20.2. The van der Waals surface area contributed by atoms with Crippen molar-refractivity contribution in [1.82, 2.24) is 14.6 Å². The molecular formula is C23H31N5O4S. The fourth-order valence-corrected chi connectivity index (χ4v) is 5.19. The van der Waals surface area contributed by atoms with Gasteiger partial charge in [-0.3, -0.25) is 4.79 Å². The van der Waals surface area contributed by atoms with Crippen molar-refractivity contribution in [2.75, 3.05) is 63.5 Å². The highest BCUT2D eigenvalue weighted by Gasteiger charge is 2.25. The smallest absolute Gasteiger partial charge is 0.367 e. The second-order valence-electron chi connectivity index (χ2n) is 8.30. The van der Waals surface area contributed by atoms with Gasteiger partial charge in [0.05, 0.1) is 31.4 Å². The number of aromatic nitrogens is 2. The van der Waals surface area contributed by atoms with Crippen LogP contribution in [0, 0.1) is 0 Å². The van der Waals surface area contributed by atoms with E-state index in [0.717, 1.165) is 63.1 Å². The second kappa shape index (κ2) is 10.5. The molecule has 1 fully saturated rings. The average molecular weight is 474 g/mol. The Hall–Kier alpha value is -2.72. The molecule has 0 atom stereocenters. The van der Waals surface area contributed by atoms with Crippen LogP contribution in [0.4, 0.5) is 5.69 Å². The van der Waals surface area contributed by atoms with E-state index in [2.05, 4.69) is 27.3 Å². The lowest BCUT2D eigenvalue weighted by molar-refractivity contribution is -0.113. The van der Waals surface area contributed by atoms with Gasteiger partial charge >= 0.3 is 5.69 Å². The maximum atomic E-state index is 13.0. The third-order valence-corrected chi connectivity index (χ3v) is 7.13. The lowest BCUT2D eigenvalue weighted by Gasteiger charge is -2.37. The van der Waals surface area contributed by atoms with Gasteiger partial charge in [-0.25, -0.2) is 9.47 Å². The molecule has 10 heteroatoms. The Morgan fingerprint density at radius 2 is 1.88 bits per heavy atom. The number of likely N-dealkylation sites (N-methyl/N-ethyl adjacent to an activating group) is 1. The van der Waals surface area contributed by atoms with Crippen LogP contribution in [0.5, 0.6) is 11.5 Å². The summed E-state index contributed by atoms with van der Waals surface area (Å²) in [4.78, 5) is 32.4. The standard InChI is InChI=1S/C23H31N5O4S/c1-26-10-12-27(13-11-26)28-19-7-5-4-6-17(19)22(25-23(28)30)33-15-21(29)24-18-14-16(31-2)8-9-20(18)32-3/h8-9,14H,4-7,10-13,15H2,1-3H3,(H,24,29). The van der Waals surface area contributed by atoms with Gasteiger partial charge in [0.15, 0.2) is 0 Å². The summed E-state index contributed by atoms with van der Waals surface area (Å²) in [5, 5.41) is 5.67. The minimum atomic E-state index is -0.252. The maximum absolute atomic E-state index is 13.0. The lowest BCUT2D eigenvalue weighted by atomic mass is 9.97. The molecule has 1 aromatic heterocycles. The molecular weight excluding hydrogens is 442 g/mol. The van der Waals surface area contributed by atoms with E-state index in [1.54, 1.807) is 37.1 Å². The molecule has 33 heavy (non-hydrogen) atoms. The molecule has 0 bridgehead atoms. The van der Waals surface area contributed by atoms with Gasteiger partial charge < -0.3 is 24.7 Å². The molecule has 1 aliphatic heterocycles. The van der Waals surface area contributed by atoms with Gasteiger partial charge in [-0.05, 0) is 44.9 Å². The predicted octanol–water partition coefficient (Wildman–Crippen LogP) is 1.75. The first-order valence-electron chi connectivity index (χ1n) is 11.2. The van der Waals surface area contributed by atoms with Crippen LogP contribution in [-0.4, -0.2) is 73.7 Å². The number of fused-ring (bicyclic) bond motifs is 1. The molecule has 178 valence electrons. The molecule has 0 saturated carbocycles. The molecule has 2 aliphatic rings. The van der Waals surface area contributed by atoms with E-state index < -0.39 is 0 Å². The van der Waals surface area contributed by atoms with Gasteiger partial charge in [-0.15, -0.1) is 0 Å². The van der Waals surface area contributed by atoms with Crippen LogP contribution >= 0.6 is 11.8 Å². The third kappa shape index (κ3) is 5.27. The molecule has 1 N–H and O–H groups in total. The Bertz CT molecular complexity index is 1070. The van der Waals surface area contributed by atoms with E-state index in [4.69, 9.17) is 9.47 Å². The van der Waals surface area contributed by atoms with Gasteiger partial charge in [0.25, 0.3) is 0 Å². The highest BCUT2D eigenvalue weighted by molar-refractivity contribution is 8.00. The van der Waals surface area contributed by atoms with Crippen LogP contribution in [0.15, 0.2) is 28.0 Å². The number of benzene rings is 1. The largest absolute Gasteiger partial charge is 0.497 e. The van der Waals surface area contributed by atoms with Gasteiger partial charge in [-0.1, -0.05) is 11.8 Å². The number of carbonyl (C=O) groups is 1. The van der Waals surface area contributed by atoms with E-state index in [1.165, 1.54) is 11.8 Å². The van der Waals surface area contributed by atoms with E-state index in [0.29, 0.717) is 22.2 Å². The summed E-state index contributed by atoms with van der Waals surface area (Å²) >= 11 is 1.32. The van der Waals surface area contributed by atoms with Crippen LogP contribution in [0.1, 0.15) is 24.1 Å². The van der Waals surface area contributed by atoms with Crippen molar-refractivity contribution in [2.24, 2.45) is 0 Å². The van der Waals surface area contributed by atoms with Gasteiger partial charge in [0.2, 0.25) is 5.91 Å². The Kier molecular flexibility index (Phi) is 7.44. The monoisotopic (exact) mass is 473 g/mol. The summed E-state index contributed by atoms with van der Waals surface area (Å²) in [6, 6.07) is 5.24. The van der Waals surface area contributed by atoms with Crippen molar-refractivity contribution in [3.8, 4) is 11.5 Å². The topological polar surface area (TPSA) is 88.9 Å². The summed E-state index contributed by atoms with van der Waals surface area (Å²) in [6.45, 7) is 3.46. The molecule has 2 aromatic rings. The summed E-state index contributed by atoms with van der Waals surface area (Å²) in [6.07, 6.45) is 3.87. The summed E-state index contributed by atoms with van der Waals surface area (Å²) < 4.78 is 12.4. The Labute approximate surface area is 198 Å². The van der Waals surface area contributed by atoms with Crippen LogP contribution in [0.25, 0.3) is 0 Å². The maximum Gasteiger partial charge on any atom is 0.367 e. The second-order valence-corrected chi connectivity index (χ2v) is 9.27. The number of anilines is 1. The highest BCUT2D eigenvalue weighted by Crippen LogP contribution is 2.31. The van der Waals surface area contributed by atoms with E-state index in [9.17, 15) is 9.59 Å². The molecule has 4 rings (SSSR count). The van der Waals surface area contributed by atoms with Gasteiger partial charge in [0, 0.05) is 37.8 Å². The zero-order chi connectivity index (χ0) is 23.4. The Balaban J connectivity index is 1.51. The Morgan fingerprint density at radius 1 is 1.12 bits per heavy atom. The molecule has 9 nitrogen and oxygen atoms in total. The SMILES string of the molecule is COc1ccc(OC)c(NC(=O)CSc2nc(=O)n(N3CCN(C)CC3)c3c2CCCC3)c1. The number of carbonyl (C=O) groups excluding carboxylic acids is 1. The number of methoxy groups -OCH3 is 2. The van der Waals surface area contributed by atoms with Gasteiger partial charge in [-0.2, -0.15) is 4.98 Å². The molecule has 0 unspecified atom stereocenters.